The molecule has 96 valence electrons. The van der Waals surface area contributed by atoms with Crippen molar-refractivity contribution in [1.82, 2.24) is 0 Å². The first-order valence-corrected chi connectivity index (χ1v) is 5.46. The molecule has 1 aromatic rings. The van der Waals surface area contributed by atoms with E-state index >= 15 is 0 Å². The molecule has 18 heavy (non-hydrogen) atoms. The lowest BCUT2D eigenvalue weighted by molar-refractivity contribution is -0.137. The van der Waals surface area contributed by atoms with Crippen LogP contribution in [0.4, 0.5) is 5.69 Å². The summed E-state index contributed by atoms with van der Waals surface area (Å²) < 4.78 is 0. The third kappa shape index (κ3) is 3.35. The van der Waals surface area contributed by atoms with Crippen molar-refractivity contribution >= 4 is 17.6 Å². The predicted molar refractivity (Wildman–Crippen MR) is 69.6 cm³/mol. The van der Waals surface area contributed by atoms with Crippen LogP contribution in [0.25, 0.3) is 0 Å². The quantitative estimate of drug-likeness (QED) is 0.666. The number of amides is 1. The SMILES string of the molecule is C=CCC(Nc1cc(C)ccc1C(N)=O)C(=O)O. The van der Waals surface area contributed by atoms with Gasteiger partial charge in [-0.1, -0.05) is 12.1 Å². The van der Waals surface area contributed by atoms with Gasteiger partial charge in [-0.25, -0.2) is 4.79 Å². The molecule has 1 unspecified atom stereocenters. The van der Waals surface area contributed by atoms with Crippen molar-refractivity contribution in [2.45, 2.75) is 19.4 Å². The number of carbonyl (C=O) groups excluding carboxylic acids is 1. The molecule has 5 nitrogen and oxygen atoms in total. The van der Waals surface area contributed by atoms with Gasteiger partial charge in [-0.15, -0.1) is 6.58 Å². The first-order valence-electron chi connectivity index (χ1n) is 5.46. The maximum Gasteiger partial charge on any atom is 0.326 e. The highest BCUT2D eigenvalue weighted by molar-refractivity contribution is 5.99. The molecule has 4 N–H and O–H groups in total. The number of carboxylic acids is 1. The Hall–Kier alpha value is -2.30. The van der Waals surface area contributed by atoms with Gasteiger partial charge in [0.15, 0.2) is 0 Å². The van der Waals surface area contributed by atoms with E-state index in [4.69, 9.17) is 10.8 Å². The van der Waals surface area contributed by atoms with Crippen LogP contribution >= 0.6 is 0 Å². The molecule has 0 aliphatic rings. The van der Waals surface area contributed by atoms with Crippen LogP contribution in [0.15, 0.2) is 30.9 Å². The molecule has 1 amide bonds. The number of primary amides is 1. The fourth-order valence-electron chi connectivity index (χ4n) is 1.57. The Balaban J connectivity index is 3.07. The zero-order valence-electron chi connectivity index (χ0n) is 10.1. The summed E-state index contributed by atoms with van der Waals surface area (Å²) in [6.07, 6.45) is 1.76. The van der Waals surface area contributed by atoms with E-state index in [2.05, 4.69) is 11.9 Å². The van der Waals surface area contributed by atoms with Crippen molar-refractivity contribution in [3.8, 4) is 0 Å². The molecule has 0 fully saturated rings. The smallest absolute Gasteiger partial charge is 0.326 e. The van der Waals surface area contributed by atoms with Crippen molar-refractivity contribution in [3.63, 3.8) is 0 Å². The number of hydrogen-bond acceptors (Lipinski definition) is 3. The minimum Gasteiger partial charge on any atom is -0.480 e. The summed E-state index contributed by atoms with van der Waals surface area (Å²) in [6, 6.07) is 4.18. The molecule has 5 heteroatoms. The topological polar surface area (TPSA) is 92.4 Å². The van der Waals surface area contributed by atoms with E-state index < -0.39 is 17.9 Å². The number of aliphatic carboxylic acids is 1. The van der Waals surface area contributed by atoms with Crippen LogP contribution < -0.4 is 11.1 Å². The molecule has 0 spiro atoms. The van der Waals surface area contributed by atoms with E-state index in [1.165, 1.54) is 6.08 Å². The lowest BCUT2D eigenvalue weighted by Gasteiger charge is -2.16. The number of aryl methyl sites for hydroxylation is 1. The van der Waals surface area contributed by atoms with Crippen molar-refractivity contribution in [2.24, 2.45) is 5.73 Å². The summed E-state index contributed by atoms with van der Waals surface area (Å²) in [5, 5.41) is 11.8. The first kappa shape index (κ1) is 13.8. The van der Waals surface area contributed by atoms with Crippen LogP contribution in [0, 0.1) is 6.92 Å². The maximum atomic E-state index is 11.3. The second-order valence-electron chi connectivity index (χ2n) is 3.97. The minimum atomic E-state index is -1.01. The van der Waals surface area contributed by atoms with E-state index in [9.17, 15) is 9.59 Å². The van der Waals surface area contributed by atoms with Crippen LogP contribution in [-0.4, -0.2) is 23.0 Å². The fraction of sp³-hybridized carbons (Fsp3) is 0.231. The van der Waals surface area contributed by atoms with Crippen molar-refractivity contribution in [2.75, 3.05) is 5.32 Å². The van der Waals surface area contributed by atoms with Gasteiger partial charge < -0.3 is 16.2 Å². The Labute approximate surface area is 105 Å². The largest absolute Gasteiger partial charge is 0.480 e. The van der Waals surface area contributed by atoms with Crippen molar-refractivity contribution in [1.29, 1.82) is 0 Å². The third-order valence-corrected chi connectivity index (χ3v) is 2.47. The first-order chi connectivity index (χ1) is 8.45. The average molecular weight is 248 g/mol. The molecule has 0 aliphatic heterocycles. The predicted octanol–water partition coefficient (Wildman–Crippen LogP) is 1.54. The van der Waals surface area contributed by atoms with Gasteiger partial charge in [0.25, 0.3) is 5.91 Å². The van der Waals surface area contributed by atoms with Gasteiger partial charge in [-0.05, 0) is 31.0 Å². The van der Waals surface area contributed by atoms with Crippen LogP contribution in [0.1, 0.15) is 22.3 Å². The Morgan fingerprint density at radius 2 is 2.22 bits per heavy atom. The molecule has 0 bridgehead atoms. The molecule has 1 rings (SSSR count). The molecule has 0 radical (unpaired) electrons. The number of rotatable bonds is 6. The highest BCUT2D eigenvalue weighted by Crippen LogP contribution is 2.19. The standard InChI is InChI=1S/C13H16N2O3/c1-3-4-10(13(17)18)15-11-7-8(2)5-6-9(11)12(14)16/h3,5-7,10,15H,1,4H2,2H3,(H2,14,16)(H,17,18). The van der Waals surface area contributed by atoms with E-state index in [-0.39, 0.29) is 12.0 Å². The highest BCUT2D eigenvalue weighted by atomic mass is 16.4. The number of benzene rings is 1. The van der Waals surface area contributed by atoms with Crippen LogP contribution in [0.5, 0.6) is 0 Å². The molecule has 1 aromatic carbocycles. The molecule has 0 heterocycles. The average Bonchev–Trinajstić information content (AvgIpc) is 2.28. The van der Waals surface area contributed by atoms with E-state index in [0.29, 0.717) is 5.69 Å². The van der Waals surface area contributed by atoms with Gasteiger partial charge in [0.1, 0.15) is 6.04 Å². The lowest BCUT2D eigenvalue weighted by Crippen LogP contribution is -2.30. The fourth-order valence-corrected chi connectivity index (χ4v) is 1.57. The summed E-state index contributed by atoms with van der Waals surface area (Å²) in [5.74, 6) is -1.60. The molecule has 0 saturated carbocycles. The number of nitrogens with one attached hydrogen (secondary N) is 1. The Morgan fingerprint density at radius 1 is 1.56 bits per heavy atom. The van der Waals surface area contributed by atoms with Gasteiger partial charge in [-0.3, -0.25) is 4.79 Å². The maximum absolute atomic E-state index is 11.3. The van der Waals surface area contributed by atoms with Crippen LogP contribution in [-0.2, 0) is 4.79 Å². The Morgan fingerprint density at radius 3 is 2.72 bits per heavy atom. The van der Waals surface area contributed by atoms with Gasteiger partial charge in [-0.2, -0.15) is 0 Å². The Kier molecular flexibility index (Phi) is 4.48. The second kappa shape index (κ2) is 5.86. The third-order valence-electron chi connectivity index (χ3n) is 2.47. The minimum absolute atomic E-state index is 0.251. The van der Waals surface area contributed by atoms with Crippen LogP contribution in [0.3, 0.4) is 0 Å². The Bertz CT molecular complexity index is 483. The van der Waals surface area contributed by atoms with Gasteiger partial charge in [0.2, 0.25) is 0 Å². The van der Waals surface area contributed by atoms with Crippen LogP contribution in [0.2, 0.25) is 0 Å². The van der Waals surface area contributed by atoms with E-state index in [1.807, 2.05) is 6.92 Å². The van der Waals surface area contributed by atoms with Gasteiger partial charge in [0, 0.05) is 5.69 Å². The lowest BCUT2D eigenvalue weighted by atomic mass is 10.1. The molecular formula is C13H16N2O3. The molecule has 0 saturated heterocycles. The summed E-state index contributed by atoms with van der Waals surface area (Å²) >= 11 is 0. The van der Waals surface area contributed by atoms with E-state index in [0.717, 1.165) is 5.56 Å². The monoisotopic (exact) mass is 248 g/mol. The number of anilines is 1. The van der Waals surface area contributed by atoms with Crippen molar-refractivity contribution < 1.29 is 14.7 Å². The normalized spacial score (nSPS) is 11.6. The summed E-state index contributed by atoms with van der Waals surface area (Å²) in [6.45, 7) is 5.35. The number of carboxylic acid groups (broad SMARTS) is 1. The van der Waals surface area contributed by atoms with E-state index in [1.54, 1.807) is 18.2 Å². The highest BCUT2D eigenvalue weighted by Gasteiger charge is 2.18. The summed E-state index contributed by atoms with van der Waals surface area (Å²) in [7, 11) is 0. The number of hydrogen-bond donors (Lipinski definition) is 3. The van der Waals surface area contributed by atoms with Crippen molar-refractivity contribution in [3.05, 3.63) is 42.0 Å². The zero-order valence-corrected chi connectivity index (χ0v) is 10.1. The number of nitrogens with two attached hydrogens (primary N) is 1. The van der Waals surface area contributed by atoms with Gasteiger partial charge in [0.05, 0.1) is 5.56 Å². The number of carbonyl (C=O) groups is 2. The molecule has 0 aliphatic carbocycles. The molecule has 0 aromatic heterocycles. The second-order valence-corrected chi connectivity index (χ2v) is 3.97. The molecule has 1 atom stereocenters. The summed E-state index contributed by atoms with van der Waals surface area (Å²) in [5.41, 5.74) is 6.85. The molecular weight excluding hydrogens is 232 g/mol. The van der Waals surface area contributed by atoms with Gasteiger partial charge >= 0.3 is 5.97 Å². The zero-order chi connectivity index (χ0) is 13.7. The summed E-state index contributed by atoms with van der Waals surface area (Å²) in [4.78, 5) is 22.3.